The number of phenols is 1. The molecule has 4 rings (SSSR count). The second-order valence-corrected chi connectivity index (χ2v) is 7.82. The molecule has 0 bridgehead atoms. The number of rotatable bonds is 9. The molecule has 0 spiro atoms. The molecule has 1 atom stereocenters. The lowest BCUT2D eigenvalue weighted by Gasteiger charge is -2.39. The van der Waals surface area contributed by atoms with Gasteiger partial charge in [-0.3, -0.25) is 4.79 Å². The Bertz CT molecular complexity index is 1080. The monoisotopic (exact) mass is 480 g/mol. The molecule has 0 saturated carbocycles. The number of anilines is 1. The molecule has 1 aliphatic rings. The molecule has 3 aromatic carbocycles. The van der Waals surface area contributed by atoms with Crippen LogP contribution in [0.3, 0.4) is 0 Å². The molecule has 8 nitrogen and oxygen atoms in total. The Kier molecular flexibility index (Phi) is 9.20. The normalized spacial score (nSPS) is 14.3. The van der Waals surface area contributed by atoms with Crippen LogP contribution >= 0.6 is 0 Å². The number of carbonyl (C=O) groups is 1. The van der Waals surface area contributed by atoms with Crippen molar-refractivity contribution in [1.82, 2.24) is 5.32 Å². The van der Waals surface area contributed by atoms with Gasteiger partial charge in [0.15, 0.2) is 23.0 Å². The number of nitrogens with zero attached hydrogens (tertiary/aromatic N) is 1. The van der Waals surface area contributed by atoms with E-state index in [4.69, 9.17) is 24.1 Å². The van der Waals surface area contributed by atoms with E-state index in [1.54, 1.807) is 62.6 Å². The fourth-order valence-electron chi connectivity index (χ4n) is 3.72. The van der Waals surface area contributed by atoms with Gasteiger partial charge in [0.1, 0.15) is 0 Å². The van der Waals surface area contributed by atoms with Gasteiger partial charge in [-0.05, 0) is 17.7 Å². The van der Waals surface area contributed by atoms with Crippen LogP contribution < -0.4 is 29.2 Å². The molecule has 1 aliphatic heterocycles. The van der Waals surface area contributed by atoms with E-state index >= 15 is 0 Å². The Hall–Kier alpha value is -3.91. The third-order valence-electron chi connectivity index (χ3n) is 5.63. The predicted octanol–water partition coefficient (Wildman–Crippen LogP) is 3.87. The molecule has 0 unspecified atom stereocenters. The van der Waals surface area contributed by atoms with Crippen molar-refractivity contribution in [2.45, 2.75) is 6.54 Å². The number of carbonyl (C=O) groups excluding carboxylic acids is 1. The first-order valence-electron chi connectivity index (χ1n) is 11.2. The lowest BCUT2D eigenvalue weighted by molar-refractivity contribution is -0.127. The highest BCUT2D eigenvalue weighted by atomic mass is 16.5. The molecule has 0 aliphatic carbocycles. The molecule has 0 radical (unpaired) electrons. The van der Waals surface area contributed by atoms with E-state index in [-0.39, 0.29) is 17.6 Å². The average Bonchev–Trinajstić information content (AvgIpc) is 2.90. The molecule has 3 aromatic rings. The molecule has 8 heteroatoms. The second-order valence-electron chi connectivity index (χ2n) is 7.82. The van der Waals surface area contributed by atoms with Gasteiger partial charge in [0.05, 0.1) is 40.0 Å². The van der Waals surface area contributed by atoms with Gasteiger partial charge in [-0.25, -0.2) is 0 Å². The molecule has 1 amide bonds. The minimum absolute atomic E-state index is 0.0159. The summed E-state index contributed by atoms with van der Waals surface area (Å²) in [7, 11) is 6.21. The molecule has 1 heterocycles. The molecule has 1 fully saturated rings. The Morgan fingerprint density at radius 3 is 1.97 bits per heavy atom. The maximum Gasteiger partial charge on any atom is 0.233 e. The number of β-lactam (4-membered cyclic amide) rings is 1. The maximum absolute atomic E-state index is 12.5. The fourth-order valence-corrected chi connectivity index (χ4v) is 3.72. The average molecular weight is 481 g/mol. The van der Waals surface area contributed by atoms with Crippen molar-refractivity contribution in [3.8, 4) is 28.7 Å². The van der Waals surface area contributed by atoms with E-state index in [9.17, 15) is 4.79 Å². The number of amides is 1. The first-order valence-corrected chi connectivity index (χ1v) is 11.2. The molecular weight excluding hydrogens is 448 g/mol. The van der Waals surface area contributed by atoms with Gasteiger partial charge < -0.3 is 34.3 Å². The quantitative estimate of drug-likeness (QED) is 0.450. The highest BCUT2D eigenvalue weighted by Gasteiger charge is 2.38. The number of benzene rings is 3. The second kappa shape index (κ2) is 12.5. The van der Waals surface area contributed by atoms with Gasteiger partial charge in [-0.2, -0.15) is 0 Å². The van der Waals surface area contributed by atoms with E-state index in [0.29, 0.717) is 36.1 Å². The molecule has 186 valence electrons. The lowest BCUT2D eigenvalue weighted by Crippen LogP contribution is -2.56. The fraction of sp³-hybridized carbons (Fsp3) is 0.296. The van der Waals surface area contributed by atoms with Crippen LogP contribution in [0, 0.1) is 5.92 Å². The first-order chi connectivity index (χ1) is 17.0. The number of ether oxygens (including phenoxy) is 4. The minimum atomic E-state index is -0.0159. The standard InChI is InChI=1S/C20H24N2O4.C7H8O2/c1-24-17-9-16(10-18(25-2)19(17)26-3)22-13-15(20(22)23)12-21-11-14-7-5-4-6-8-14;1-9-7-5-3-2-4-6(7)8/h4-10,15,21H,11-13H2,1-3H3;2-5,8H,1H3/t15-;/m1./s1. The van der Waals surface area contributed by atoms with Gasteiger partial charge in [0, 0.05) is 31.8 Å². The van der Waals surface area contributed by atoms with Crippen molar-refractivity contribution in [3.05, 3.63) is 72.3 Å². The Balaban J connectivity index is 0.000000320. The topological polar surface area (TPSA) is 89.5 Å². The molecule has 1 saturated heterocycles. The zero-order valence-electron chi connectivity index (χ0n) is 20.5. The van der Waals surface area contributed by atoms with Crippen LogP contribution in [-0.4, -0.2) is 52.5 Å². The summed E-state index contributed by atoms with van der Waals surface area (Å²) in [6.07, 6.45) is 0. The number of hydrogen-bond acceptors (Lipinski definition) is 7. The highest BCUT2D eigenvalue weighted by molar-refractivity contribution is 6.02. The highest BCUT2D eigenvalue weighted by Crippen LogP contribution is 2.42. The molecule has 0 aromatic heterocycles. The number of methoxy groups -OCH3 is 4. The summed E-state index contributed by atoms with van der Waals surface area (Å²) in [5.41, 5.74) is 1.96. The van der Waals surface area contributed by atoms with Crippen LogP contribution in [0.1, 0.15) is 5.56 Å². The molecule has 2 N–H and O–H groups in total. The number of para-hydroxylation sites is 2. The predicted molar refractivity (Wildman–Crippen MR) is 135 cm³/mol. The van der Waals surface area contributed by atoms with E-state index < -0.39 is 0 Å². The van der Waals surface area contributed by atoms with Crippen LogP contribution in [0.5, 0.6) is 28.7 Å². The van der Waals surface area contributed by atoms with Crippen LogP contribution in [0.4, 0.5) is 5.69 Å². The third-order valence-corrected chi connectivity index (χ3v) is 5.63. The van der Waals surface area contributed by atoms with Gasteiger partial charge in [0.25, 0.3) is 0 Å². The van der Waals surface area contributed by atoms with Crippen LogP contribution in [-0.2, 0) is 11.3 Å². The van der Waals surface area contributed by atoms with Crippen molar-refractivity contribution in [2.24, 2.45) is 5.92 Å². The minimum Gasteiger partial charge on any atom is -0.504 e. The van der Waals surface area contributed by atoms with Crippen LogP contribution in [0.15, 0.2) is 66.7 Å². The van der Waals surface area contributed by atoms with Gasteiger partial charge in [-0.1, -0.05) is 42.5 Å². The SMILES string of the molecule is COc1cc(N2C[C@@H](CNCc3ccccc3)C2=O)cc(OC)c1OC.COc1ccccc1O. The summed E-state index contributed by atoms with van der Waals surface area (Å²) in [4.78, 5) is 14.3. The summed E-state index contributed by atoms with van der Waals surface area (Å²) in [6.45, 7) is 2.09. The smallest absolute Gasteiger partial charge is 0.233 e. The van der Waals surface area contributed by atoms with Gasteiger partial charge in [0.2, 0.25) is 11.7 Å². The van der Waals surface area contributed by atoms with Gasteiger partial charge in [-0.15, -0.1) is 0 Å². The summed E-state index contributed by atoms with van der Waals surface area (Å²) < 4.78 is 20.8. The largest absolute Gasteiger partial charge is 0.504 e. The zero-order chi connectivity index (χ0) is 25.2. The van der Waals surface area contributed by atoms with Crippen LogP contribution in [0.2, 0.25) is 0 Å². The Labute approximate surface area is 206 Å². The lowest BCUT2D eigenvalue weighted by atomic mass is 9.97. The number of aromatic hydroxyl groups is 1. The summed E-state index contributed by atoms with van der Waals surface area (Å²) in [5, 5.41) is 12.3. The first kappa shape index (κ1) is 25.7. The van der Waals surface area contributed by atoms with Gasteiger partial charge >= 0.3 is 0 Å². The van der Waals surface area contributed by atoms with Crippen molar-refractivity contribution >= 4 is 11.6 Å². The third kappa shape index (κ3) is 6.36. The van der Waals surface area contributed by atoms with E-state index in [1.807, 2.05) is 18.2 Å². The summed E-state index contributed by atoms with van der Waals surface area (Å²) >= 11 is 0. The zero-order valence-corrected chi connectivity index (χ0v) is 20.5. The summed E-state index contributed by atoms with van der Waals surface area (Å²) in [5.74, 6) is 2.38. The van der Waals surface area contributed by atoms with Crippen molar-refractivity contribution < 1.29 is 28.8 Å². The van der Waals surface area contributed by atoms with Crippen LogP contribution in [0.25, 0.3) is 0 Å². The van der Waals surface area contributed by atoms with Crippen molar-refractivity contribution in [3.63, 3.8) is 0 Å². The van der Waals surface area contributed by atoms with E-state index in [2.05, 4.69) is 17.4 Å². The number of phenolic OH excluding ortho intramolecular Hbond substituents is 1. The molecule has 35 heavy (non-hydrogen) atoms. The van der Waals surface area contributed by atoms with E-state index in [0.717, 1.165) is 12.2 Å². The maximum atomic E-state index is 12.5. The van der Waals surface area contributed by atoms with Crippen molar-refractivity contribution in [2.75, 3.05) is 46.4 Å². The van der Waals surface area contributed by atoms with E-state index in [1.165, 1.54) is 12.7 Å². The number of hydrogen-bond donors (Lipinski definition) is 2. The Morgan fingerprint density at radius 2 is 1.46 bits per heavy atom. The Morgan fingerprint density at radius 1 is 0.857 bits per heavy atom. The van der Waals surface area contributed by atoms with Crippen molar-refractivity contribution in [1.29, 1.82) is 0 Å². The summed E-state index contributed by atoms with van der Waals surface area (Å²) in [6, 6.07) is 20.6. The number of nitrogens with one attached hydrogen (secondary N) is 1. The molecular formula is C27H32N2O6.